The van der Waals surface area contributed by atoms with Crippen LogP contribution < -0.4 is 10.1 Å². The highest BCUT2D eigenvalue weighted by atomic mass is 35.5. The fraction of sp³-hybridized carbons (Fsp3) is 0.435. The third kappa shape index (κ3) is 7.57. The third-order valence-electron chi connectivity index (χ3n) is 5.28. The molecule has 0 radical (unpaired) electrons. The highest BCUT2D eigenvalue weighted by molar-refractivity contribution is 7.99. The molecule has 0 atom stereocenters. The number of carbonyl (C=O) groups excluding carboxylic acids is 1. The first-order valence-electron chi connectivity index (χ1n) is 10.1. The summed E-state index contributed by atoms with van der Waals surface area (Å²) in [4.78, 5) is 14.6. The minimum absolute atomic E-state index is 0.129. The topological polar surface area (TPSA) is 41.6 Å². The van der Waals surface area contributed by atoms with Gasteiger partial charge in [-0.15, -0.1) is 11.8 Å². The van der Waals surface area contributed by atoms with Gasteiger partial charge in [-0.05, 0) is 67.2 Å². The lowest BCUT2D eigenvalue weighted by molar-refractivity contribution is -0.118. The molecule has 29 heavy (non-hydrogen) atoms. The summed E-state index contributed by atoms with van der Waals surface area (Å²) in [6.07, 6.45) is 2.27. The first kappa shape index (κ1) is 22.0. The minimum Gasteiger partial charge on any atom is -0.497 e. The van der Waals surface area contributed by atoms with E-state index in [2.05, 4.69) is 22.3 Å². The molecule has 0 aromatic heterocycles. The number of carbonyl (C=O) groups is 1. The Morgan fingerprint density at radius 1 is 1.10 bits per heavy atom. The van der Waals surface area contributed by atoms with Crippen LogP contribution in [0.25, 0.3) is 0 Å². The molecule has 2 aromatic carbocycles. The van der Waals surface area contributed by atoms with Crippen molar-refractivity contribution in [2.45, 2.75) is 25.1 Å². The maximum atomic E-state index is 12.1. The molecule has 1 heterocycles. The van der Waals surface area contributed by atoms with Crippen LogP contribution in [0.2, 0.25) is 5.02 Å². The molecule has 0 unspecified atom stereocenters. The zero-order valence-electron chi connectivity index (χ0n) is 16.9. The van der Waals surface area contributed by atoms with Gasteiger partial charge in [0.1, 0.15) is 5.75 Å². The Morgan fingerprint density at radius 3 is 2.41 bits per heavy atom. The van der Waals surface area contributed by atoms with Crippen molar-refractivity contribution >= 4 is 29.3 Å². The highest BCUT2D eigenvalue weighted by Crippen LogP contribution is 2.20. The van der Waals surface area contributed by atoms with Crippen molar-refractivity contribution < 1.29 is 9.53 Å². The van der Waals surface area contributed by atoms with E-state index in [0.29, 0.717) is 11.7 Å². The molecule has 0 spiro atoms. The van der Waals surface area contributed by atoms with E-state index >= 15 is 0 Å². The number of thioether (sulfide) groups is 1. The molecule has 6 heteroatoms. The first-order valence-corrected chi connectivity index (χ1v) is 11.6. The number of amides is 1. The lowest BCUT2D eigenvalue weighted by atomic mass is 9.96. The number of nitrogens with zero attached hydrogens (tertiary/aromatic N) is 1. The molecule has 3 rings (SSSR count). The van der Waals surface area contributed by atoms with Crippen molar-refractivity contribution in [2.24, 2.45) is 5.92 Å². The molecule has 1 N–H and O–H groups in total. The molecule has 2 aromatic rings. The molecular weight excluding hydrogens is 404 g/mol. The smallest absolute Gasteiger partial charge is 0.230 e. The molecule has 4 nitrogen and oxygen atoms in total. The van der Waals surface area contributed by atoms with Crippen molar-refractivity contribution in [3.05, 3.63) is 64.7 Å². The Balaban J connectivity index is 1.29. The van der Waals surface area contributed by atoms with E-state index in [9.17, 15) is 4.79 Å². The van der Waals surface area contributed by atoms with Crippen LogP contribution >= 0.6 is 23.4 Å². The number of likely N-dealkylation sites (tertiary alicyclic amines) is 1. The second-order valence-electron chi connectivity index (χ2n) is 7.49. The van der Waals surface area contributed by atoms with E-state index in [-0.39, 0.29) is 5.91 Å². The van der Waals surface area contributed by atoms with E-state index in [1.54, 1.807) is 18.9 Å². The summed E-state index contributed by atoms with van der Waals surface area (Å²) in [6, 6.07) is 16.1. The quantitative estimate of drug-likeness (QED) is 0.628. The van der Waals surface area contributed by atoms with Crippen molar-refractivity contribution in [1.29, 1.82) is 0 Å². The van der Waals surface area contributed by atoms with Crippen molar-refractivity contribution in [1.82, 2.24) is 10.2 Å². The van der Waals surface area contributed by atoms with Crippen molar-refractivity contribution in [3.8, 4) is 5.75 Å². The maximum absolute atomic E-state index is 12.1. The van der Waals surface area contributed by atoms with Gasteiger partial charge in [-0.3, -0.25) is 9.69 Å². The van der Waals surface area contributed by atoms with Crippen LogP contribution in [0.1, 0.15) is 24.0 Å². The fourth-order valence-electron chi connectivity index (χ4n) is 3.49. The van der Waals surface area contributed by atoms with Crippen LogP contribution in [-0.4, -0.2) is 43.3 Å². The Hall–Kier alpha value is -1.69. The molecule has 1 amide bonds. The molecule has 1 aliphatic rings. The number of piperidine rings is 1. The van der Waals surface area contributed by atoms with Crippen LogP contribution in [0, 0.1) is 5.92 Å². The van der Waals surface area contributed by atoms with E-state index < -0.39 is 0 Å². The standard InChI is InChI=1S/C23H29ClN2O2S/c1-28-22-8-4-19(5-9-22)15-26-12-10-18(11-13-26)14-25-23(27)17-29-16-20-2-6-21(24)7-3-20/h2-9,18H,10-17H2,1H3,(H,25,27). The van der Waals surface area contributed by atoms with Crippen LogP contribution in [0.4, 0.5) is 0 Å². The zero-order chi connectivity index (χ0) is 20.5. The van der Waals surface area contributed by atoms with E-state index in [4.69, 9.17) is 16.3 Å². The van der Waals surface area contributed by atoms with Crippen LogP contribution in [0.15, 0.2) is 48.5 Å². The summed E-state index contributed by atoms with van der Waals surface area (Å²) in [5.41, 5.74) is 2.51. The lowest BCUT2D eigenvalue weighted by Crippen LogP contribution is -2.38. The fourth-order valence-corrected chi connectivity index (χ4v) is 4.43. The van der Waals surface area contributed by atoms with Gasteiger partial charge < -0.3 is 10.1 Å². The van der Waals surface area contributed by atoms with Crippen LogP contribution in [0.3, 0.4) is 0 Å². The summed E-state index contributed by atoms with van der Waals surface area (Å²) < 4.78 is 5.22. The van der Waals surface area contributed by atoms with Gasteiger partial charge in [0.2, 0.25) is 5.91 Å². The second-order valence-corrected chi connectivity index (χ2v) is 8.91. The van der Waals surface area contributed by atoms with Gasteiger partial charge in [0.25, 0.3) is 0 Å². The van der Waals surface area contributed by atoms with Crippen LogP contribution in [0.5, 0.6) is 5.75 Å². The maximum Gasteiger partial charge on any atom is 0.230 e. The van der Waals surface area contributed by atoms with E-state index in [1.807, 2.05) is 36.4 Å². The molecular formula is C23H29ClN2O2S. The lowest BCUT2D eigenvalue weighted by Gasteiger charge is -2.32. The Morgan fingerprint density at radius 2 is 1.76 bits per heavy atom. The van der Waals surface area contributed by atoms with Gasteiger partial charge in [-0.2, -0.15) is 0 Å². The van der Waals surface area contributed by atoms with Gasteiger partial charge in [0.15, 0.2) is 0 Å². The van der Waals surface area contributed by atoms with Gasteiger partial charge >= 0.3 is 0 Å². The second kappa shape index (κ2) is 11.5. The number of rotatable bonds is 9. The van der Waals surface area contributed by atoms with Crippen LogP contribution in [-0.2, 0) is 17.1 Å². The Bertz CT molecular complexity index is 759. The predicted octanol–water partition coefficient (Wildman–Crippen LogP) is 4.61. The summed E-state index contributed by atoms with van der Waals surface area (Å²) in [6.45, 7) is 3.93. The van der Waals surface area contributed by atoms with Crippen molar-refractivity contribution in [3.63, 3.8) is 0 Å². The van der Waals surface area contributed by atoms with Gasteiger partial charge in [-0.25, -0.2) is 0 Å². The normalized spacial score (nSPS) is 15.2. The number of ether oxygens (including phenoxy) is 1. The van der Waals surface area contributed by atoms with Crippen molar-refractivity contribution in [2.75, 3.05) is 32.5 Å². The average Bonchev–Trinajstić information content (AvgIpc) is 2.75. The summed E-state index contributed by atoms with van der Waals surface area (Å²) in [5, 5.41) is 3.85. The predicted molar refractivity (Wildman–Crippen MR) is 122 cm³/mol. The molecule has 1 aliphatic heterocycles. The number of benzene rings is 2. The number of hydrogen-bond donors (Lipinski definition) is 1. The summed E-state index contributed by atoms with van der Waals surface area (Å²) in [7, 11) is 1.69. The number of methoxy groups -OCH3 is 1. The first-order chi connectivity index (χ1) is 14.1. The molecule has 0 saturated carbocycles. The minimum atomic E-state index is 0.129. The van der Waals surface area contributed by atoms with Gasteiger partial charge in [-0.1, -0.05) is 35.9 Å². The Kier molecular flexibility index (Phi) is 8.71. The zero-order valence-corrected chi connectivity index (χ0v) is 18.5. The molecule has 0 aliphatic carbocycles. The number of nitrogens with one attached hydrogen (secondary N) is 1. The highest BCUT2D eigenvalue weighted by Gasteiger charge is 2.19. The van der Waals surface area contributed by atoms with Gasteiger partial charge in [0, 0.05) is 23.9 Å². The Labute approximate surface area is 183 Å². The molecule has 1 saturated heterocycles. The summed E-state index contributed by atoms with van der Waals surface area (Å²) in [5.74, 6) is 2.93. The molecule has 156 valence electrons. The van der Waals surface area contributed by atoms with E-state index in [1.165, 1.54) is 11.1 Å². The third-order valence-corrected chi connectivity index (χ3v) is 6.53. The average molecular weight is 433 g/mol. The van der Waals surface area contributed by atoms with Gasteiger partial charge in [0.05, 0.1) is 12.9 Å². The number of halogens is 1. The molecule has 1 fully saturated rings. The number of hydrogen-bond acceptors (Lipinski definition) is 4. The largest absolute Gasteiger partial charge is 0.497 e. The molecule has 0 bridgehead atoms. The van der Waals surface area contributed by atoms with E-state index in [0.717, 1.165) is 55.5 Å². The SMILES string of the molecule is COc1ccc(CN2CCC(CNC(=O)CSCc3ccc(Cl)cc3)CC2)cc1. The monoisotopic (exact) mass is 432 g/mol. The summed E-state index contributed by atoms with van der Waals surface area (Å²) >= 11 is 7.53.